The standard InChI is InChI=1S/C19H18BrN3O4S2/c1-25-14-8-12(9-15(26-2)16(14)27-3)17(24)21-18-22-23-19(29-18)28-10-11-4-6-13(20)7-5-11/h4-9H,10H2,1-3H3,(H,21,22,24). The van der Waals surface area contributed by atoms with Crippen molar-refractivity contribution in [3.05, 3.63) is 52.0 Å². The van der Waals surface area contributed by atoms with Crippen molar-refractivity contribution in [2.24, 2.45) is 0 Å². The number of halogens is 1. The van der Waals surface area contributed by atoms with E-state index in [0.29, 0.717) is 27.9 Å². The molecule has 0 unspecified atom stereocenters. The second-order valence-corrected chi connectivity index (χ2v) is 8.77. The first-order chi connectivity index (χ1) is 14.0. The smallest absolute Gasteiger partial charge is 0.257 e. The number of carbonyl (C=O) groups is 1. The van der Waals surface area contributed by atoms with Gasteiger partial charge in [0, 0.05) is 15.8 Å². The van der Waals surface area contributed by atoms with Crippen LogP contribution in [-0.2, 0) is 5.75 Å². The van der Waals surface area contributed by atoms with Crippen LogP contribution < -0.4 is 19.5 Å². The highest BCUT2D eigenvalue weighted by atomic mass is 79.9. The maximum Gasteiger partial charge on any atom is 0.257 e. The number of benzene rings is 2. The van der Waals surface area contributed by atoms with E-state index < -0.39 is 0 Å². The number of rotatable bonds is 8. The van der Waals surface area contributed by atoms with Crippen molar-refractivity contribution < 1.29 is 19.0 Å². The summed E-state index contributed by atoms with van der Waals surface area (Å²) in [5.74, 6) is 1.65. The van der Waals surface area contributed by atoms with Gasteiger partial charge in [-0.05, 0) is 29.8 Å². The number of methoxy groups -OCH3 is 3. The third-order valence-electron chi connectivity index (χ3n) is 3.83. The average molecular weight is 496 g/mol. The van der Waals surface area contributed by atoms with Crippen LogP contribution in [0, 0.1) is 0 Å². The summed E-state index contributed by atoms with van der Waals surface area (Å²) in [7, 11) is 4.51. The molecule has 1 heterocycles. The monoisotopic (exact) mass is 495 g/mol. The molecule has 1 amide bonds. The van der Waals surface area contributed by atoms with Crippen LogP contribution in [0.15, 0.2) is 45.2 Å². The maximum absolute atomic E-state index is 12.6. The number of amides is 1. The van der Waals surface area contributed by atoms with Crippen LogP contribution in [0.25, 0.3) is 0 Å². The van der Waals surface area contributed by atoms with Crippen molar-refractivity contribution in [2.75, 3.05) is 26.6 Å². The molecule has 0 saturated heterocycles. The van der Waals surface area contributed by atoms with E-state index in [-0.39, 0.29) is 5.91 Å². The molecular weight excluding hydrogens is 478 g/mol. The summed E-state index contributed by atoms with van der Waals surface area (Å²) < 4.78 is 17.7. The Bertz CT molecular complexity index is 970. The van der Waals surface area contributed by atoms with Gasteiger partial charge >= 0.3 is 0 Å². The molecule has 0 aliphatic rings. The van der Waals surface area contributed by atoms with Crippen LogP contribution in [-0.4, -0.2) is 37.4 Å². The zero-order valence-electron chi connectivity index (χ0n) is 15.9. The molecule has 0 radical (unpaired) electrons. The molecule has 0 saturated carbocycles. The van der Waals surface area contributed by atoms with Gasteiger partial charge in [0.25, 0.3) is 5.91 Å². The number of ether oxygens (including phenoxy) is 3. The van der Waals surface area contributed by atoms with Gasteiger partial charge in [0.15, 0.2) is 15.8 Å². The normalized spacial score (nSPS) is 10.5. The number of aromatic nitrogens is 2. The summed E-state index contributed by atoms with van der Waals surface area (Å²) in [6, 6.07) is 11.3. The Hall–Kier alpha value is -2.30. The predicted octanol–water partition coefficient (Wildman–Crippen LogP) is 4.87. The Morgan fingerprint density at radius 1 is 1.07 bits per heavy atom. The van der Waals surface area contributed by atoms with Gasteiger partial charge in [-0.25, -0.2) is 0 Å². The molecule has 7 nitrogen and oxygen atoms in total. The number of thioether (sulfide) groups is 1. The molecule has 0 aliphatic carbocycles. The molecule has 29 heavy (non-hydrogen) atoms. The van der Waals surface area contributed by atoms with Gasteiger partial charge < -0.3 is 14.2 Å². The van der Waals surface area contributed by atoms with Crippen LogP contribution >= 0.6 is 39.0 Å². The SMILES string of the molecule is COc1cc(C(=O)Nc2nnc(SCc3ccc(Br)cc3)s2)cc(OC)c1OC. The average Bonchev–Trinajstić information content (AvgIpc) is 3.19. The van der Waals surface area contributed by atoms with Crippen LogP contribution in [0.3, 0.4) is 0 Å². The minimum atomic E-state index is -0.343. The fraction of sp³-hybridized carbons (Fsp3) is 0.211. The highest BCUT2D eigenvalue weighted by molar-refractivity contribution is 9.10. The molecule has 0 aliphatic heterocycles. The van der Waals surface area contributed by atoms with E-state index in [9.17, 15) is 4.79 Å². The predicted molar refractivity (Wildman–Crippen MR) is 118 cm³/mol. The van der Waals surface area contributed by atoms with Gasteiger partial charge in [0.05, 0.1) is 21.3 Å². The zero-order valence-corrected chi connectivity index (χ0v) is 19.1. The second kappa shape index (κ2) is 9.95. The van der Waals surface area contributed by atoms with Crippen molar-refractivity contribution in [3.8, 4) is 17.2 Å². The van der Waals surface area contributed by atoms with E-state index >= 15 is 0 Å². The lowest BCUT2D eigenvalue weighted by atomic mass is 10.1. The molecule has 3 rings (SSSR count). The third kappa shape index (κ3) is 5.40. The molecular formula is C19H18BrN3O4S2. The molecule has 3 aromatic rings. The highest BCUT2D eigenvalue weighted by Gasteiger charge is 2.18. The molecule has 152 valence electrons. The van der Waals surface area contributed by atoms with Crippen molar-refractivity contribution in [1.29, 1.82) is 0 Å². The van der Waals surface area contributed by atoms with Gasteiger partial charge in [-0.1, -0.05) is 51.2 Å². The summed E-state index contributed by atoms with van der Waals surface area (Å²) in [5.41, 5.74) is 1.54. The van der Waals surface area contributed by atoms with E-state index in [2.05, 4.69) is 31.4 Å². The molecule has 1 N–H and O–H groups in total. The van der Waals surface area contributed by atoms with Crippen LogP contribution in [0.4, 0.5) is 5.13 Å². The summed E-state index contributed by atoms with van der Waals surface area (Å²) >= 11 is 6.30. The van der Waals surface area contributed by atoms with Gasteiger partial charge in [0.2, 0.25) is 10.9 Å². The fourth-order valence-corrected chi connectivity index (χ4v) is 4.39. The minimum Gasteiger partial charge on any atom is -0.493 e. The zero-order chi connectivity index (χ0) is 20.8. The summed E-state index contributed by atoms with van der Waals surface area (Å²) in [5, 5.41) is 11.4. The number of carbonyl (C=O) groups excluding carboxylic acids is 1. The molecule has 0 atom stereocenters. The van der Waals surface area contributed by atoms with Gasteiger partial charge in [0.1, 0.15) is 0 Å². The minimum absolute atomic E-state index is 0.343. The van der Waals surface area contributed by atoms with Crippen molar-refractivity contribution >= 4 is 50.1 Å². The number of nitrogens with one attached hydrogen (secondary N) is 1. The first-order valence-electron chi connectivity index (χ1n) is 8.36. The summed E-state index contributed by atoms with van der Waals surface area (Å²) in [4.78, 5) is 12.6. The molecule has 0 spiro atoms. The highest BCUT2D eigenvalue weighted by Crippen LogP contribution is 2.38. The van der Waals surface area contributed by atoms with E-state index in [1.807, 2.05) is 24.3 Å². The number of nitrogens with zero attached hydrogens (tertiary/aromatic N) is 2. The lowest BCUT2D eigenvalue weighted by Crippen LogP contribution is -2.12. The molecule has 1 aromatic heterocycles. The van der Waals surface area contributed by atoms with Crippen LogP contribution in [0.1, 0.15) is 15.9 Å². The number of hydrogen-bond donors (Lipinski definition) is 1. The Labute approximate surface area is 184 Å². The maximum atomic E-state index is 12.6. The topological polar surface area (TPSA) is 82.6 Å². The van der Waals surface area contributed by atoms with Crippen molar-refractivity contribution in [2.45, 2.75) is 10.1 Å². The molecule has 2 aromatic carbocycles. The Balaban J connectivity index is 1.67. The van der Waals surface area contributed by atoms with E-state index in [1.54, 1.807) is 23.9 Å². The number of anilines is 1. The van der Waals surface area contributed by atoms with Gasteiger partial charge in [-0.2, -0.15) is 0 Å². The lowest BCUT2D eigenvalue weighted by Gasteiger charge is -2.13. The van der Waals surface area contributed by atoms with E-state index in [0.717, 1.165) is 14.6 Å². The third-order valence-corrected chi connectivity index (χ3v) is 6.40. The first kappa shape index (κ1) is 21.4. The second-order valence-electron chi connectivity index (χ2n) is 5.66. The van der Waals surface area contributed by atoms with E-state index in [1.165, 1.54) is 38.2 Å². The fourth-order valence-electron chi connectivity index (χ4n) is 2.43. The molecule has 0 fully saturated rings. The Morgan fingerprint density at radius 3 is 2.31 bits per heavy atom. The van der Waals surface area contributed by atoms with Gasteiger partial charge in [-0.15, -0.1) is 10.2 Å². The van der Waals surface area contributed by atoms with Crippen molar-refractivity contribution in [3.63, 3.8) is 0 Å². The molecule has 0 bridgehead atoms. The Kier molecular flexibility index (Phi) is 7.34. The summed E-state index contributed by atoms with van der Waals surface area (Å²) in [6.07, 6.45) is 0. The van der Waals surface area contributed by atoms with Crippen LogP contribution in [0.5, 0.6) is 17.2 Å². The summed E-state index contributed by atoms with van der Waals surface area (Å²) in [6.45, 7) is 0. The lowest BCUT2D eigenvalue weighted by molar-refractivity contribution is 0.102. The van der Waals surface area contributed by atoms with Gasteiger partial charge in [-0.3, -0.25) is 10.1 Å². The quantitative estimate of drug-likeness (QED) is 0.352. The largest absolute Gasteiger partial charge is 0.493 e. The van der Waals surface area contributed by atoms with Crippen molar-refractivity contribution in [1.82, 2.24) is 10.2 Å². The van der Waals surface area contributed by atoms with E-state index in [4.69, 9.17) is 14.2 Å². The Morgan fingerprint density at radius 2 is 1.72 bits per heavy atom. The number of hydrogen-bond acceptors (Lipinski definition) is 8. The molecule has 10 heteroatoms. The van der Waals surface area contributed by atoms with Crippen LogP contribution in [0.2, 0.25) is 0 Å². The first-order valence-corrected chi connectivity index (χ1v) is 11.0.